The Kier molecular flexibility index (Phi) is 13.3. The van der Waals surface area contributed by atoms with Gasteiger partial charge in [-0.15, -0.1) is 3.94 Å². The van der Waals surface area contributed by atoms with E-state index in [1.807, 2.05) is 6.92 Å². The van der Waals surface area contributed by atoms with Gasteiger partial charge < -0.3 is 14.5 Å². The van der Waals surface area contributed by atoms with Crippen molar-refractivity contribution in [2.75, 3.05) is 14.2 Å². The van der Waals surface area contributed by atoms with Gasteiger partial charge in [0.2, 0.25) is 10.4 Å². The van der Waals surface area contributed by atoms with Crippen molar-refractivity contribution in [2.45, 2.75) is 19.8 Å². The number of nitrogens with zero attached hydrogens (tertiary/aromatic N) is 2. The van der Waals surface area contributed by atoms with Crippen LogP contribution in [0.3, 0.4) is 0 Å². The molecule has 0 spiro atoms. The molecule has 1 rings (SSSR count). The molecule has 0 aromatic carbocycles. The number of hydrogen-bond donors (Lipinski definition) is 0. The second kappa shape index (κ2) is 12.6. The lowest BCUT2D eigenvalue weighted by atomic mass is 10.2. The van der Waals surface area contributed by atoms with Gasteiger partial charge >= 0.3 is 0 Å². The van der Waals surface area contributed by atoms with E-state index in [-0.39, 0.29) is 5.56 Å². The molecular formula is C11H16Cl2N2O6S-2. The lowest BCUT2D eigenvalue weighted by Crippen LogP contribution is -2.22. The normalized spacial score (nSPS) is 10.1. The lowest BCUT2D eigenvalue weighted by molar-refractivity contribution is -0.255. The Labute approximate surface area is 139 Å². The van der Waals surface area contributed by atoms with E-state index in [0.29, 0.717) is 0 Å². The number of halogens is 2. The molecule has 1 aromatic heterocycles. The maximum absolute atomic E-state index is 10.4. The Balaban J connectivity index is 0. The van der Waals surface area contributed by atoms with Crippen molar-refractivity contribution >= 4 is 39.9 Å². The van der Waals surface area contributed by atoms with Crippen LogP contribution in [0.2, 0.25) is 0 Å². The molecule has 0 aliphatic carbocycles. The van der Waals surface area contributed by atoms with E-state index in [0.717, 1.165) is 29.6 Å². The van der Waals surface area contributed by atoms with E-state index in [2.05, 4.69) is 9.17 Å². The van der Waals surface area contributed by atoms with Crippen LogP contribution in [0.4, 0.5) is 0 Å². The Morgan fingerprint density at radius 1 is 1.45 bits per heavy atom. The highest BCUT2D eigenvalue weighted by molar-refractivity contribution is 7.80. The zero-order valence-electron chi connectivity index (χ0n) is 12.2. The molecule has 0 saturated carbocycles. The summed E-state index contributed by atoms with van der Waals surface area (Å²) in [6, 6.07) is 2.99. The van der Waals surface area contributed by atoms with E-state index < -0.39 is 16.4 Å². The van der Waals surface area contributed by atoms with Gasteiger partial charge in [0.05, 0.1) is 13.1 Å². The first-order valence-electron chi connectivity index (χ1n) is 5.76. The zero-order chi connectivity index (χ0) is 17.8. The number of aryl methyl sites for hydroxylation is 1. The third kappa shape index (κ3) is 17.1. The maximum Gasteiger partial charge on any atom is 0.217 e. The minimum atomic E-state index is -4.41. The third-order valence-electron chi connectivity index (χ3n) is 1.76. The number of carbonyl (C=O) groups excluding carboxylic acids is 1. The quantitative estimate of drug-likeness (QED) is 0.428. The van der Waals surface area contributed by atoms with Crippen molar-refractivity contribution in [3.63, 3.8) is 0 Å². The number of carbonyl (C=O) groups is 1. The zero-order valence-corrected chi connectivity index (χ0v) is 14.5. The predicted octanol–water partition coefficient (Wildman–Crippen LogP) is 0.716. The summed E-state index contributed by atoms with van der Waals surface area (Å²) in [6.07, 6.45) is 3.26. The largest absolute Gasteiger partial charge is 0.726 e. The molecule has 8 nitrogen and oxygen atoms in total. The molecule has 1 heterocycles. The van der Waals surface area contributed by atoms with Gasteiger partial charge in [-0.05, 0) is 42.1 Å². The smallest absolute Gasteiger partial charge is 0.217 e. The fraction of sp³-hybridized carbons (Fsp3) is 0.455. The molecule has 0 amide bonds. The van der Waals surface area contributed by atoms with Crippen molar-refractivity contribution in [3.8, 4) is 0 Å². The van der Waals surface area contributed by atoms with Gasteiger partial charge in [-0.25, -0.2) is 8.42 Å². The van der Waals surface area contributed by atoms with Crippen LogP contribution in [0.25, 0.3) is 0 Å². The maximum atomic E-state index is 10.4. The van der Waals surface area contributed by atoms with Gasteiger partial charge in [0.1, 0.15) is 0 Å². The fourth-order valence-corrected chi connectivity index (χ4v) is 0.998. The topological polar surface area (TPSA) is 123 Å². The molecule has 0 aliphatic rings. The van der Waals surface area contributed by atoms with E-state index in [9.17, 15) is 22.9 Å². The molecule has 0 bridgehead atoms. The number of carboxylic acids is 1. The summed E-state index contributed by atoms with van der Waals surface area (Å²) in [5, 5.41) is 10.4. The van der Waals surface area contributed by atoms with E-state index in [1.54, 1.807) is 6.07 Å². The van der Waals surface area contributed by atoms with Crippen LogP contribution >= 0.6 is 23.6 Å². The van der Waals surface area contributed by atoms with Gasteiger partial charge in [-0.1, -0.05) is 13.3 Å². The minimum absolute atomic E-state index is 0.202. The first-order valence-corrected chi connectivity index (χ1v) is 7.77. The minimum Gasteiger partial charge on any atom is -0.726 e. The number of aromatic carboxylic acids is 1. The van der Waals surface area contributed by atoms with Gasteiger partial charge in [0.25, 0.3) is 0 Å². The van der Waals surface area contributed by atoms with E-state index in [4.69, 9.17) is 23.6 Å². The summed E-state index contributed by atoms with van der Waals surface area (Å²) in [6.45, 7) is 2.02. The molecule has 22 heavy (non-hydrogen) atoms. The van der Waals surface area contributed by atoms with Crippen LogP contribution in [-0.2, 0) is 21.0 Å². The summed E-state index contributed by atoms with van der Waals surface area (Å²) >= 11 is 9.75. The molecular weight excluding hydrogens is 359 g/mol. The van der Waals surface area contributed by atoms with Crippen LogP contribution in [0.5, 0.6) is 0 Å². The average molecular weight is 375 g/mol. The van der Waals surface area contributed by atoms with Crippen LogP contribution in [-0.4, -0.2) is 42.0 Å². The molecule has 11 heteroatoms. The molecule has 0 fully saturated rings. The van der Waals surface area contributed by atoms with Crippen molar-refractivity contribution in [1.82, 2.24) is 8.92 Å². The summed E-state index contributed by atoms with van der Waals surface area (Å²) in [5.41, 5.74) is 1.01. The predicted molar refractivity (Wildman–Crippen MR) is 78.7 cm³/mol. The second-order valence-electron chi connectivity index (χ2n) is 3.55. The first kappa shape index (κ1) is 23.3. The molecule has 0 radical (unpaired) electrons. The first-order chi connectivity index (χ1) is 10.0. The van der Waals surface area contributed by atoms with Crippen molar-refractivity contribution in [2.24, 2.45) is 0 Å². The highest BCUT2D eigenvalue weighted by Gasteiger charge is 1.96. The summed E-state index contributed by atoms with van der Waals surface area (Å²) < 4.78 is 32.0. The van der Waals surface area contributed by atoms with Gasteiger partial charge in [-0.2, -0.15) is 0 Å². The second-order valence-corrected chi connectivity index (χ2v) is 5.89. The van der Waals surface area contributed by atoms with Gasteiger partial charge in [0.15, 0.2) is 0 Å². The van der Waals surface area contributed by atoms with Crippen molar-refractivity contribution in [1.29, 1.82) is 0 Å². The van der Waals surface area contributed by atoms with Gasteiger partial charge in [-0.3, -0.25) is 9.17 Å². The standard InChI is InChI=1S/C9H11NO2.CH3Cl2N.CH4O4S/c1-2-3-8-6-7(9(11)12)4-5-10-8;1-4(2)3;1-5-6(2,3)4/h4-6H,2-3H2,1H3,(H,11,12);1H3;1H3,(H,2,3,4)/p-2. The Morgan fingerprint density at radius 2 is 1.91 bits per heavy atom. The average Bonchev–Trinajstić information content (AvgIpc) is 2.38. The fourth-order valence-electron chi connectivity index (χ4n) is 0.998. The van der Waals surface area contributed by atoms with Crippen LogP contribution in [0.15, 0.2) is 18.3 Å². The highest BCUT2D eigenvalue weighted by atomic mass is 35.5. The molecule has 0 atom stereocenters. The Morgan fingerprint density at radius 3 is 2.23 bits per heavy atom. The number of rotatable bonds is 4. The van der Waals surface area contributed by atoms with Crippen LogP contribution < -0.4 is 5.11 Å². The van der Waals surface area contributed by atoms with Crippen LogP contribution in [0.1, 0.15) is 29.4 Å². The van der Waals surface area contributed by atoms with Crippen molar-refractivity contribution in [3.05, 3.63) is 29.6 Å². The van der Waals surface area contributed by atoms with Crippen molar-refractivity contribution < 1.29 is 27.1 Å². The molecule has 0 N–H and O–H groups in total. The van der Waals surface area contributed by atoms with Gasteiger partial charge in [0, 0.05) is 24.5 Å². The Hall–Kier alpha value is -0.970. The molecule has 0 saturated heterocycles. The number of hydrogen-bond acceptors (Lipinski definition) is 8. The van der Waals surface area contributed by atoms with E-state index in [1.165, 1.54) is 19.3 Å². The number of aromatic nitrogens is 1. The summed E-state index contributed by atoms with van der Waals surface area (Å²) in [7, 11) is -2.07. The monoisotopic (exact) mass is 374 g/mol. The SMILES string of the molecule is CCCc1cc(C(=O)[O-])ccn1.CN(Cl)Cl.COS(=O)(=O)[O-]. The third-order valence-corrected chi connectivity index (χ3v) is 2.17. The molecule has 1 aromatic rings. The molecule has 128 valence electrons. The lowest BCUT2D eigenvalue weighted by Gasteiger charge is -2.03. The summed E-state index contributed by atoms with van der Waals surface area (Å²) in [5.74, 6) is -1.14. The highest BCUT2D eigenvalue weighted by Crippen LogP contribution is 2.02. The molecule has 0 unspecified atom stereocenters. The van der Waals surface area contributed by atoms with E-state index >= 15 is 0 Å². The van der Waals surface area contributed by atoms with Crippen LogP contribution in [0, 0.1) is 0 Å². The summed E-state index contributed by atoms with van der Waals surface area (Å²) in [4.78, 5) is 14.4. The molecule has 0 aliphatic heterocycles. The Bertz CT molecular complexity index is 536. The number of carboxylic acid groups (broad SMARTS) is 1. The number of pyridine rings is 1.